The van der Waals surface area contributed by atoms with Crippen LogP contribution in [0.15, 0.2) is 12.2 Å². The molecule has 0 spiro atoms. The van der Waals surface area contributed by atoms with Gasteiger partial charge in [-0.25, -0.2) is 0 Å². The summed E-state index contributed by atoms with van der Waals surface area (Å²) in [5.74, 6) is -0.839. The van der Waals surface area contributed by atoms with Gasteiger partial charge < -0.3 is 14.2 Å². The number of hydrogen-bond acceptors (Lipinski definition) is 6. The lowest BCUT2D eigenvalue weighted by molar-refractivity contribution is -0.167. The Kier molecular flexibility index (Phi) is 55.2. The van der Waals surface area contributed by atoms with Crippen molar-refractivity contribution in [1.29, 1.82) is 0 Å². The molecule has 0 aromatic rings. The van der Waals surface area contributed by atoms with E-state index >= 15 is 0 Å². The van der Waals surface area contributed by atoms with Crippen LogP contribution in [0.1, 0.15) is 342 Å². The second-order valence-electron chi connectivity index (χ2n) is 20.6. The van der Waals surface area contributed by atoms with Crippen LogP contribution in [0.5, 0.6) is 0 Å². The topological polar surface area (TPSA) is 78.9 Å². The van der Waals surface area contributed by atoms with Crippen LogP contribution in [0.3, 0.4) is 0 Å². The Morgan fingerprint density at radius 1 is 0.284 bits per heavy atom. The minimum atomic E-state index is -0.765. The number of carbonyl (C=O) groups is 3. The predicted octanol–water partition coefficient (Wildman–Crippen LogP) is 20.1. The molecule has 1 atom stereocenters. The highest BCUT2D eigenvalue weighted by molar-refractivity contribution is 5.71. The van der Waals surface area contributed by atoms with Gasteiger partial charge in [0.2, 0.25) is 0 Å². The molecule has 6 nitrogen and oxygen atoms in total. The normalized spacial score (nSPS) is 12.0. The lowest BCUT2D eigenvalue weighted by Crippen LogP contribution is -2.30. The molecule has 6 heteroatoms. The van der Waals surface area contributed by atoms with E-state index in [0.717, 1.165) is 57.8 Å². The zero-order chi connectivity index (χ0) is 48.6. The van der Waals surface area contributed by atoms with Crippen molar-refractivity contribution >= 4 is 17.9 Å². The summed E-state index contributed by atoms with van der Waals surface area (Å²) in [4.78, 5) is 38.2. The van der Waals surface area contributed by atoms with Crippen LogP contribution in [0, 0.1) is 0 Å². The number of carbonyl (C=O) groups excluding carboxylic acids is 3. The minimum absolute atomic E-state index is 0.0642. The van der Waals surface area contributed by atoms with Crippen LogP contribution in [0.4, 0.5) is 0 Å². The first-order valence-electron chi connectivity index (χ1n) is 30.2. The summed E-state index contributed by atoms with van der Waals surface area (Å²) in [6, 6.07) is 0. The summed E-state index contributed by atoms with van der Waals surface area (Å²) in [6.45, 7) is 6.70. The van der Waals surface area contributed by atoms with Gasteiger partial charge in [0.05, 0.1) is 0 Å². The highest BCUT2D eigenvalue weighted by Crippen LogP contribution is 2.17. The molecule has 0 unspecified atom stereocenters. The molecule has 0 aromatic carbocycles. The van der Waals surface area contributed by atoms with E-state index in [4.69, 9.17) is 14.2 Å². The van der Waals surface area contributed by atoms with Gasteiger partial charge in [-0.05, 0) is 44.9 Å². The Balaban J connectivity index is 4.29. The van der Waals surface area contributed by atoms with Gasteiger partial charge in [-0.3, -0.25) is 14.4 Å². The van der Waals surface area contributed by atoms with E-state index < -0.39 is 6.10 Å². The average molecular weight is 946 g/mol. The molecule has 0 saturated heterocycles. The molecule has 0 radical (unpaired) electrons. The Morgan fingerprint density at radius 3 is 0.746 bits per heavy atom. The molecule has 0 bridgehead atoms. The third-order valence-electron chi connectivity index (χ3n) is 13.8. The second kappa shape index (κ2) is 56.7. The molecule has 0 fully saturated rings. The van der Waals surface area contributed by atoms with Crippen molar-refractivity contribution in [3.63, 3.8) is 0 Å². The summed E-state index contributed by atoms with van der Waals surface area (Å²) >= 11 is 0. The first-order valence-corrected chi connectivity index (χ1v) is 30.2. The zero-order valence-corrected chi connectivity index (χ0v) is 45.5. The van der Waals surface area contributed by atoms with Crippen LogP contribution in [-0.4, -0.2) is 37.2 Å². The van der Waals surface area contributed by atoms with Gasteiger partial charge in [-0.1, -0.05) is 290 Å². The van der Waals surface area contributed by atoms with Gasteiger partial charge in [-0.2, -0.15) is 0 Å². The van der Waals surface area contributed by atoms with Crippen LogP contribution >= 0.6 is 0 Å². The molecule has 0 heterocycles. The fraction of sp³-hybridized carbons (Fsp3) is 0.918. The molecule has 0 aliphatic heterocycles. The number of esters is 3. The first kappa shape index (κ1) is 65.1. The highest BCUT2D eigenvalue weighted by Gasteiger charge is 2.19. The van der Waals surface area contributed by atoms with Gasteiger partial charge >= 0.3 is 17.9 Å². The Hall–Kier alpha value is -1.85. The van der Waals surface area contributed by atoms with E-state index in [1.165, 1.54) is 244 Å². The molecular formula is C61H116O6. The van der Waals surface area contributed by atoms with Gasteiger partial charge in [0.1, 0.15) is 13.2 Å². The Labute approximate surface area is 418 Å². The monoisotopic (exact) mass is 945 g/mol. The summed E-state index contributed by atoms with van der Waals surface area (Å²) in [7, 11) is 0. The summed E-state index contributed by atoms with van der Waals surface area (Å²) in [6.07, 6.45) is 64.9. The molecule has 67 heavy (non-hydrogen) atoms. The smallest absolute Gasteiger partial charge is 0.306 e. The number of unbranched alkanes of at least 4 members (excludes halogenated alkanes) is 43. The molecule has 0 rings (SSSR count). The van der Waals surface area contributed by atoms with Crippen molar-refractivity contribution in [2.24, 2.45) is 0 Å². The lowest BCUT2D eigenvalue weighted by atomic mass is 10.0. The zero-order valence-electron chi connectivity index (χ0n) is 45.5. The van der Waals surface area contributed by atoms with Crippen molar-refractivity contribution in [2.75, 3.05) is 13.2 Å². The van der Waals surface area contributed by atoms with Crippen molar-refractivity contribution < 1.29 is 28.6 Å². The van der Waals surface area contributed by atoms with E-state index in [-0.39, 0.29) is 31.1 Å². The van der Waals surface area contributed by atoms with E-state index in [1.54, 1.807) is 0 Å². The van der Waals surface area contributed by atoms with Crippen molar-refractivity contribution in [2.45, 2.75) is 348 Å². The summed E-state index contributed by atoms with van der Waals surface area (Å²) in [5, 5.41) is 0. The number of ether oxygens (including phenoxy) is 3. The fourth-order valence-corrected chi connectivity index (χ4v) is 9.21. The third kappa shape index (κ3) is 55.0. The van der Waals surface area contributed by atoms with Crippen LogP contribution < -0.4 is 0 Å². The molecule has 396 valence electrons. The number of allylic oxidation sites excluding steroid dienone is 2. The van der Waals surface area contributed by atoms with Crippen LogP contribution in [0.25, 0.3) is 0 Å². The summed E-state index contributed by atoms with van der Waals surface area (Å²) < 4.78 is 16.9. The Morgan fingerprint density at radius 2 is 0.493 bits per heavy atom. The molecule has 0 amide bonds. The minimum Gasteiger partial charge on any atom is -0.462 e. The van der Waals surface area contributed by atoms with Crippen molar-refractivity contribution in [1.82, 2.24) is 0 Å². The van der Waals surface area contributed by atoms with Crippen LogP contribution in [-0.2, 0) is 28.6 Å². The van der Waals surface area contributed by atoms with E-state index in [1.807, 2.05) is 0 Å². The highest BCUT2D eigenvalue weighted by atomic mass is 16.6. The molecule has 0 N–H and O–H groups in total. The number of hydrogen-bond donors (Lipinski definition) is 0. The standard InChI is InChI=1S/C61H116O6/c1-4-7-10-13-16-19-22-25-27-29-30-32-33-36-39-42-45-48-51-54-60(63)66-57-58(56-65-59(62)53-50-47-44-41-38-35-24-21-18-15-12-9-6-3)67-61(64)55-52-49-46-43-40-37-34-31-28-26-23-20-17-14-11-8-5-2/h25,27,58H,4-24,26,28-57H2,1-3H3/b27-25+/t58-/m1/s1. The summed E-state index contributed by atoms with van der Waals surface area (Å²) in [5.41, 5.74) is 0. The largest absolute Gasteiger partial charge is 0.462 e. The van der Waals surface area contributed by atoms with Crippen molar-refractivity contribution in [3.8, 4) is 0 Å². The van der Waals surface area contributed by atoms with Gasteiger partial charge in [0.15, 0.2) is 6.10 Å². The quantitative estimate of drug-likeness (QED) is 0.0262. The number of rotatable bonds is 56. The average Bonchev–Trinajstić information content (AvgIpc) is 3.33. The molecule has 0 aliphatic carbocycles. The van der Waals surface area contributed by atoms with E-state index in [2.05, 4.69) is 32.9 Å². The fourth-order valence-electron chi connectivity index (χ4n) is 9.21. The lowest BCUT2D eigenvalue weighted by Gasteiger charge is -2.18. The predicted molar refractivity (Wildman–Crippen MR) is 289 cm³/mol. The van der Waals surface area contributed by atoms with E-state index in [0.29, 0.717) is 19.3 Å². The molecule has 0 aromatic heterocycles. The molecule has 0 saturated carbocycles. The maximum Gasteiger partial charge on any atom is 0.306 e. The van der Waals surface area contributed by atoms with Gasteiger partial charge in [-0.15, -0.1) is 0 Å². The maximum atomic E-state index is 12.9. The molecular weight excluding hydrogens is 829 g/mol. The van der Waals surface area contributed by atoms with Crippen molar-refractivity contribution in [3.05, 3.63) is 12.2 Å². The third-order valence-corrected chi connectivity index (χ3v) is 13.8. The maximum absolute atomic E-state index is 12.9. The SMILES string of the molecule is CCCCCCCC/C=C/CCCCCCCCCCCC(=O)OC[C@@H](COC(=O)CCCCCCCCCCCCCCC)OC(=O)CCCCCCCCCCCCCCCCCCC. The molecule has 0 aliphatic rings. The van der Waals surface area contributed by atoms with Crippen LogP contribution in [0.2, 0.25) is 0 Å². The van der Waals surface area contributed by atoms with Gasteiger partial charge in [0.25, 0.3) is 0 Å². The Bertz CT molecular complexity index is 1040. The van der Waals surface area contributed by atoms with E-state index in [9.17, 15) is 14.4 Å². The van der Waals surface area contributed by atoms with Gasteiger partial charge in [0, 0.05) is 19.3 Å². The first-order chi connectivity index (χ1) is 33.0. The second-order valence-corrected chi connectivity index (χ2v) is 20.6.